The molecule has 3 nitrogen and oxygen atoms in total. The largest absolute Gasteiger partial charge is 0.497 e. The van der Waals surface area contributed by atoms with Gasteiger partial charge in [0.2, 0.25) is 5.91 Å². The zero-order valence-corrected chi connectivity index (χ0v) is 14.9. The van der Waals surface area contributed by atoms with E-state index in [-0.39, 0.29) is 11.0 Å². The summed E-state index contributed by atoms with van der Waals surface area (Å²) in [4.78, 5) is 15.0. The first-order chi connectivity index (χ1) is 10.9. The molecule has 0 radical (unpaired) electrons. The van der Waals surface area contributed by atoms with E-state index in [2.05, 4.69) is 37.8 Å². The van der Waals surface area contributed by atoms with Crippen LogP contribution in [0.2, 0.25) is 0 Å². The molecule has 1 aromatic rings. The summed E-state index contributed by atoms with van der Waals surface area (Å²) >= 11 is 0. The molecule has 0 aromatic heterocycles. The fourth-order valence-corrected chi connectivity index (χ4v) is 4.46. The third-order valence-corrected chi connectivity index (χ3v) is 5.93. The smallest absolute Gasteiger partial charge is 0.223 e. The number of hydrogen-bond donors (Lipinski definition) is 0. The third kappa shape index (κ3) is 2.86. The van der Waals surface area contributed by atoms with Crippen LogP contribution in [0.25, 0.3) is 0 Å². The van der Waals surface area contributed by atoms with Crippen molar-refractivity contribution in [2.45, 2.75) is 58.4 Å². The minimum absolute atomic E-state index is 0.113. The number of rotatable bonds is 2. The predicted molar refractivity (Wildman–Crippen MR) is 92.4 cm³/mol. The average molecular weight is 315 g/mol. The molecule has 2 saturated heterocycles. The minimum atomic E-state index is -0.113. The first-order valence-corrected chi connectivity index (χ1v) is 8.82. The van der Waals surface area contributed by atoms with Crippen LogP contribution >= 0.6 is 0 Å². The van der Waals surface area contributed by atoms with Gasteiger partial charge in [-0.15, -0.1) is 0 Å². The van der Waals surface area contributed by atoms with Gasteiger partial charge in [0.1, 0.15) is 5.75 Å². The van der Waals surface area contributed by atoms with E-state index in [1.165, 1.54) is 5.56 Å². The highest BCUT2D eigenvalue weighted by molar-refractivity contribution is 5.78. The number of carbonyl (C=O) groups is 1. The Morgan fingerprint density at radius 1 is 1.22 bits per heavy atom. The molecular weight excluding hydrogens is 286 g/mol. The molecule has 0 unspecified atom stereocenters. The normalized spacial score (nSPS) is 28.4. The lowest BCUT2D eigenvalue weighted by molar-refractivity contribution is -0.134. The zero-order valence-electron chi connectivity index (χ0n) is 14.9. The summed E-state index contributed by atoms with van der Waals surface area (Å²) in [6, 6.07) is 8.38. The highest BCUT2D eigenvalue weighted by atomic mass is 16.5. The van der Waals surface area contributed by atoms with Crippen molar-refractivity contribution >= 4 is 5.91 Å². The summed E-state index contributed by atoms with van der Waals surface area (Å²) in [6.07, 6.45) is 4.97. The highest BCUT2D eigenvalue weighted by Crippen LogP contribution is 2.50. The van der Waals surface area contributed by atoms with E-state index in [4.69, 9.17) is 4.74 Å². The highest BCUT2D eigenvalue weighted by Gasteiger charge is 2.49. The quantitative estimate of drug-likeness (QED) is 0.811. The van der Waals surface area contributed by atoms with Crippen LogP contribution in [0.1, 0.15) is 58.4 Å². The number of hydrogen-bond acceptors (Lipinski definition) is 2. The second-order valence-corrected chi connectivity index (χ2v) is 8.21. The second kappa shape index (κ2) is 5.85. The van der Waals surface area contributed by atoms with E-state index < -0.39 is 0 Å². The second-order valence-electron chi connectivity index (χ2n) is 8.21. The molecule has 2 atom stereocenters. The average Bonchev–Trinajstić information content (AvgIpc) is 2.89. The van der Waals surface area contributed by atoms with E-state index in [1.54, 1.807) is 7.11 Å². The van der Waals surface area contributed by atoms with Gasteiger partial charge in [0.25, 0.3) is 0 Å². The molecule has 126 valence electrons. The molecule has 2 aliphatic heterocycles. The van der Waals surface area contributed by atoms with Crippen molar-refractivity contribution in [1.82, 2.24) is 4.90 Å². The van der Waals surface area contributed by atoms with Gasteiger partial charge in [-0.25, -0.2) is 0 Å². The molecule has 0 saturated carbocycles. The SMILES string of the molecule is COc1ccc([C@]23CCCN2C(=O)CC[C@H](C(C)(C)C)C3)cc1. The maximum atomic E-state index is 12.8. The van der Waals surface area contributed by atoms with Crippen LogP contribution < -0.4 is 4.74 Å². The van der Waals surface area contributed by atoms with Crippen molar-refractivity contribution in [2.24, 2.45) is 11.3 Å². The number of fused-ring (bicyclic) bond motifs is 1. The van der Waals surface area contributed by atoms with Crippen LogP contribution in [0.3, 0.4) is 0 Å². The van der Waals surface area contributed by atoms with E-state index in [0.717, 1.165) is 38.0 Å². The predicted octanol–water partition coefficient (Wildman–Crippen LogP) is 4.36. The molecule has 1 aromatic carbocycles. The van der Waals surface area contributed by atoms with E-state index in [0.29, 0.717) is 18.2 Å². The molecule has 23 heavy (non-hydrogen) atoms. The van der Waals surface area contributed by atoms with Crippen molar-refractivity contribution in [3.63, 3.8) is 0 Å². The Labute approximate surface area is 140 Å². The van der Waals surface area contributed by atoms with Crippen LogP contribution in [0, 0.1) is 11.3 Å². The Balaban J connectivity index is 2.03. The van der Waals surface area contributed by atoms with E-state index in [1.807, 2.05) is 12.1 Å². The molecule has 0 N–H and O–H groups in total. The first-order valence-electron chi connectivity index (χ1n) is 8.82. The van der Waals surface area contributed by atoms with Crippen LogP contribution in [0.5, 0.6) is 5.75 Å². The molecule has 0 aliphatic carbocycles. The maximum absolute atomic E-state index is 12.8. The number of ether oxygens (including phenoxy) is 1. The molecule has 2 heterocycles. The molecule has 3 heteroatoms. The van der Waals surface area contributed by atoms with E-state index >= 15 is 0 Å². The lowest BCUT2D eigenvalue weighted by Gasteiger charge is -2.42. The van der Waals surface area contributed by atoms with Gasteiger partial charge >= 0.3 is 0 Å². The fourth-order valence-electron chi connectivity index (χ4n) is 4.46. The number of benzene rings is 1. The lowest BCUT2D eigenvalue weighted by Crippen LogP contribution is -2.45. The molecule has 3 rings (SSSR count). The standard InChI is InChI=1S/C20H29NO2/c1-19(2,3)16-8-11-18(22)21-13-5-12-20(21,14-16)15-6-9-17(23-4)10-7-15/h6-7,9-10,16H,5,8,11-14H2,1-4H3/t16-,20+/m0/s1. The summed E-state index contributed by atoms with van der Waals surface area (Å²) in [5, 5.41) is 0. The van der Waals surface area contributed by atoms with Crippen molar-refractivity contribution in [3.05, 3.63) is 29.8 Å². The minimum Gasteiger partial charge on any atom is -0.497 e. The molecule has 2 aliphatic rings. The van der Waals surface area contributed by atoms with Gasteiger partial charge in [-0.3, -0.25) is 4.79 Å². The number of nitrogens with zero attached hydrogens (tertiary/aromatic N) is 1. The Hall–Kier alpha value is -1.51. The molecule has 1 amide bonds. The van der Waals surface area contributed by atoms with E-state index in [9.17, 15) is 4.79 Å². The fraction of sp³-hybridized carbons (Fsp3) is 0.650. The van der Waals surface area contributed by atoms with Gasteiger partial charge in [0.05, 0.1) is 12.6 Å². The molecule has 0 bridgehead atoms. The number of amides is 1. The van der Waals surface area contributed by atoms with Crippen molar-refractivity contribution in [3.8, 4) is 5.75 Å². The summed E-state index contributed by atoms with van der Waals surface area (Å²) in [5.74, 6) is 1.78. The first kappa shape index (κ1) is 16.4. The molecule has 2 fully saturated rings. The summed E-state index contributed by atoms with van der Waals surface area (Å²) in [5.41, 5.74) is 1.40. The Kier molecular flexibility index (Phi) is 4.16. The van der Waals surface area contributed by atoms with Gasteiger partial charge < -0.3 is 9.64 Å². The molecular formula is C20H29NO2. The van der Waals surface area contributed by atoms with Crippen LogP contribution in [0.4, 0.5) is 0 Å². The van der Waals surface area contributed by atoms with Gasteiger partial charge in [0.15, 0.2) is 0 Å². The zero-order chi connectivity index (χ0) is 16.7. The van der Waals surface area contributed by atoms with Gasteiger partial charge in [-0.2, -0.15) is 0 Å². The van der Waals surface area contributed by atoms with Gasteiger partial charge in [-0.05, 0) is 54.7 Å². The monoisotopic (exact) mass is 315 g/mol. The Morgan fingerprint density at radius 3 is 2.52 bits per heavy atom. The van der Waals surface area contributed by atoms with Gasteiger partial charge in [0, 0.05) is 13.0 Å². The topological polar surface area (TPSA) is 29.5 Å². The third-order valence-electron chi connectivity index (χ3n) is 5.93. The summed E-state index contributed by atoms with van der Waals surface area (Å²) in [6.45, 7) is 7.85. The van der Waals surface area contributed by atoms with Crippen LogP contribution in [-0.4, -0.2) is 24.5 Å². The summed E-state index contributed by atoms with van der Waals surface area (Å²) < 4.78 is 5.31. The van der Waals surface area contributed by atoms with Crippen LogP contribution in [-0.2, 0) is 10.3 Å². The van der Waals surface area contributed by atoms with Crippen molar-refractivity contribution in [1.29, 1.82) is 0 Å². The van der Waals surface area contributed by atoms with Gasteiger partial charge in [-0.1, -0.05) is 32.9 Å². The lowest BCUT2D eigenvalue weighted by atomic mass is 9.70. The number of carbonyl (C=O) groups excluding carboxylic acids is 1. The number of methoxy groups -OCH3 is 1. The molecule has 0 spiro atoms. The van der Waals surface area contributed by atoms with Crippen molar-refractivity contribution in [2.75, 3.05) is 13.7 Å². The maximum Gasteiger partial charge on any atom is 0.223 e. The van der Waals surface area contributed by atoms with Crippen molar-refractivity contribution < 1.29 is 9.53 Å². The van der Waals surface area contributed by atoms with Crippen LogP contribution in [0.15, 0.2) is 24.3 Å². The Bertz CT molecular complexity index is 572. The Morgan fingerprint density at radius 2 is 1.91 bits per heavy atom. The summed E-state index contributed by atoms with van der Waals surface area (Å²) in [7, 11) is 1.69.